The SMILES string of the molecule is COc1ccc([C@@H](C)NC[C@@]2(O)CCSC2)c(Br)c1. The molecule has 0 saturated carbocycles. The third-order valence-corrected chi connectivity index (χ3v) is 5.41. The predicted molar refractivity (Wildman–Crippen MR) is 84.0 cm³/mol. The molecule has 2 N–H and O–H groups in total. The molecule has 1 aromatic rings. The number of rotatable bonds is 5. The van der Waals surface area contributed by atoms with Crippen molar-refractivity contribution >= 4 is 27.7 Å². The molecule has 1 aliphatic heterocycles. The second-order valence-electron chi connectivity index (χ2n) is 5.02. The lowest BCUT2D eigenvalue weighted by Crippen LogP contribution is -2.41. The van der Waals surface area contributed by atoms with Crippen LogP contribution < -0.4 is 10.1 Å². The normalized spacial score (nSPS) is 24.4. The van der Waals surface area contributed by atoms with Crippen LogP contribution in [0.25, 0.3) is 0 Å². The quantitative estimate of drug-likeness (QED) is 0.860. The summed E-state index contributed by atoms with van der Waals surface area (Å²) in [5.41, 5.74) is 0.632. The largest absolute Gasteiger partial charge is 0.497 e. The van der Waals surface area contributed by atoms with E-state index >= 15 is 0 Å². The number of aliphatic hydroxyl groups is 1. The minimum Gasteiger partial charge on any atom is -0.497 e. The van der Waals surface area contributed by atoms with Crippen molar-refractivity contribution in [2.45, 2.75) is 25.0 Å². The standard InChI is InChI=1S/C14H20BrNO2S/c1-10(16-8-14(17)5-6-19-9-14)12-4-3-11(18-2)7-13(12)15/h3-4,7,10,16-17H,5-6,8-9H2,1-2H3/t10-,14+/m1/s1. The monoisotopic (exact) mass is 345 g/mol. The summed E-state index contributed by atoms with van der Waals surface area (Å²) in [6, 6.07) is 6.16. The first kappa shape index (κ1) is 15.2. The Kier molecular flexibility index (Phi) is 5.17. The lowest BCUT2D eigenvalue weighted by Gasteiger charge is -2.25. The van der Waals surface area contributed by atoms with E-state index in [1.165, 1.54) is 5.56 Å². The third-order valence-electron chi connectivity index (χ3n) is 3.49. The van der Waals surface area contributed by atoms with Crippen LogP contribution in [0.5, 0.6) is 5.75 Å². The highest BCUT2D eigenvalue weighted by molar-refractivity contribution is 9.10. The predicted octanol–water partition coefficient (Wildman–Crippen LogP) is 2.98. The lowest BCUT2D eigenvalue weighted by molar-refractivity contribution is 0.0651. The average molecular weight is 346 g/mol. The number of ether oxygens (including phenoxy) is 1. The van der Waals surface area contributed by atoms with Crippen LogP contribution in [-0.4, -0.2) is 35.9 Å². The van der Waals surface area contributed by atoms with Gasteiger partial charge in [-0.2, -0.15) is 11.8 Å². The maximum Gasteiger partial charge on any atom is 0.120 e. The van der Waals surface area contributed by atoms with Gasteiger partial charge in [0.15, 0.2) is 0 Å². The van der Waals surface area contributed by atoms with Gasteiger partial charge in [-0.05, 0) is 36.8 Å². The van der Waals surface area contributed by atoms with Crippen LogP contribution in [0.1, 0.15) is 24.9 Å². The molecule has 5 heteroatoms. The Labute approximate surface area is 127 Å². The summed E-state index contributed by atoms with van der Waals surface area (Å²) in [6.07, 6.45) is 0.876. The molecule has 0 amide bonds. The van der Waals surface area contributed by atoms with Gasteiger partial charge in [-0.25, -0.2) is 0 Å². The molecule has 0 radical (unpaired) electrons. The molecule has 0 aromatic heterocycles. The lowest BCUT2D eigenvalue weighted by atomic mass is 10.0. The molecule has 106 valence electrons. The topological polar surface area (TPSA) is 41.5 Å². The van der Waals surface area contributed by atoms with E-state index in [4.69, 9.17) is 4.74 Å². The Bertz CT molecular complexity index is 435. The Morgan fingerprint density at radius 1 is 1.58 bits per heavy atom. The van der Waals surface area contributed by atoms with Crippen LogP contribution in [-0.2, 0) is 0 Å². The highest BCUT2D eigenvalue weighted by atomic mass is 79.9. The third kappa shape index (κ3) is 3.88. The van der Waals surface area contributed by atoms with Gasteiger partial charge in [0.05, 0.1) is 12.7 Å². The summed E-state index contributed by atoms with van der Waals surface area (Å²) < 4.78 is 6.22. The molecular weight excluding hydrogens is 326 g/mol. The van der Waals surface area contributed by atoms with Crippen LogP contribution in [0, 0.1) is 0 Å². The van der Waals surface area contributed by atoms with Crippen molar-refractivity contribution in [2.24, 2.45) is 0 Å². The number of hydrogen-bond donors (Lipinski definition) is 2. The second-order valence-corrected chi connectivity index (χ2v) is 6.98. The molecule has 1 heterocycles. The molecule has 0 spiro atoms. The minimum absolute atomic E-state index is 0.190. The number of benzene rings is 1. The van der Waals surface area contributed by atoms with Crippen molar-refractivity contribution in [2.75, 3.05) is 25.2 Å². The maximum absolute atomic E-state index is 10.3. The van der Waals surface area contributed by atoms with Crippen molar-refractivity contribution < 1.29 is 9.84 Å². The fraction of sp³-hybridized carbons (Fsp3) is 0.571. The van der Waals surface area contributed by atoms with Crippen molar-refractivity contribution in [3.63, 3.8) is 0 Å². The van der Waals surface area contributed by atoms with Gasteiger partial charge in [0.25, 0.3) is 0 Å². The average Bonchev–Trinajstić information content (AvgIpc) is 2.83. The van der Waals surface area contributed by atoms with Crippen LogP contribution in [0.4, 0.5) is 0 Å². The molecule has 2 atom stereocenters. The van der Waals surface area contributed by atoms with Gasteiger partial charge in [-0.3, -0.25) is 0 Å². The number of thioether (sulfide) groups is 1. The highest BCUT2D eigenvalue weighted by Gasteiger charge is 2.31. The van der Waals surface area contributed by atoms with Crippen LogP contribution in [0.2, 0.25) is 0 Å². The first-order valence-electron chi connectivity index (χ1n) is 6.41. The second kappa shape index (κ2) is 6.48. The molecule has 1 saturated heterocycles. The first-order valence-corrected chi connectivity index (χ1v) is 8.36. The molecular formula is C14H20BrNO2S. The van der Waals surface area contributed by atoms with E-state index in [1.807, 2.05) is 30.0 Å². The van der Waals surface area contributed by atoms with E-state index in [0.717, 1.165) is 28.1 Å². The molecule has 1 aliphatic rings. The zero-order chi connectivity index (χ0) is 13.9. The summed E-state index contributed by atoms with van der Waals surface area (Å²) in [4.78, 5) is 0. The molecule has 0 aliphatic carbocycles. The summed E-state index contributed by atoms with van der Waals surface area (Å²) in [7, 11) is 1.66. The number of methoxy groups -OCH3 is 1. The first-order chi connectivity index (χ1) is 9.04. The smallest absolute Gasteiger partial charge is 0.120 e. The van der Waals surface area contributed by atoms with Crippen molar-refractivity contribution in [3.8, 4) is 5.75 Å². The van der Waals surface area contributed by atoms with Gasteiger partial charge in [-0.1, -0.05) is 22.0 Å². The summed E-state index contributed by atoms with van der Waals surface area (Å²) >= 11 is 5.39. The van der Waals surface area contributed by atoms with E-state index < -0.39 is 5.60 Å². The number of nitrogens with one attached hydrogen (secondary N) is 1. The van der Waals surface area contributed by atoms with Crippen LogP contribution in [0.15, 0.2) is 22.7 Å². The molecule has 19 heavy (non-hydrogen) atoms. The van der Waals surface area contributed by atoms with Crippen LogP contribution in [0.3, 0.4) is 0 Å². The van der Waals surface area contributed by atoms with Crippen molar-refractivity contribution in [3.05, 3.63) is 28.2 Å². The van der Waals surface area contributed by atoms with Gasteiger partial charge < -0.3 is 15.2 Å². The van der Waals surface area contributed by atoms with Crippen molar-refractivity contribution in [1.29, 1.82) is 0 Å². The van der Waals surface area contributed by atoms with Crippen molar-refractivity contribution in [1.82, 2.24) is 5.32 Å². The fourth-order valence-corrected chi connectivity index (χ4v) is 4.17. The molecule has 0 bridgehead atoms. The van der Waals surface area contributed by atoms with Crippen LogP contribution >= 0.6 is 27.7 Å². The zero-order valence-electron chi connectivity index (χ0n) is 11.3. The molecule has 3 nitrogen and oxygen atoms in total. The van der Waals surface area contributed by atoms with Gasteiger partial charge in [0.1, 0.15) is 5.75 Å². The Hall–Kier alpha value is -0.230. The summed E-state index contributed by atoms with van der Waals surface area (Å²) in [5, 5.41) is 13.7. The maximum atomic E-state index is 10.3. The molecule has 1 aromatic carbocycles. The number of halogens is 1. The Morgan fingerprint density at radius 2 is 2.37 bits per heavy atom. The van der Waals surface area contributed by atoms with E-state index in [2.05, 4.69) is 28.2 Å². The molecule has 2 rings (SSSR count). The zero-order valence-corrected chi connectivity index (χ0v) is 13.7. The van der Waals surface area contributed by atoms with Gasteiger partial charge >= 0.3 is 0 Å². The van der Waals surface area contributed by atoms with Gasteiger partial charge in [0, 0.05) is 22.8 Å². The van der Waals surface area contributed by atoms with E-state index in [1.54, 1.807) is 7.11 Å². The fourth-order valence-electron chi connectivity index (χ4n) is 2.17. The Morgan fingerprint density at radius 3 is 2.95 bits per heavy atom. The minimum atomic E-state index is -0.544. The molecule has 1 fully saturated rings. The highest BCUT2D eigenvalue weighted by Crippen LogP contribution is 2.30. The molecule has 0 unspecified atom stereocenters. The van der Waals surface area contributed by atoms with E-state index in [0.29, 0.717) is 6.54 Å². The summed E-state index contributed by atoms with van der Waals surface area (Å²) in [5.74, 6) is 2.73. The number of hydrogen-bond acceptors (Lipinski definition) is 4. The van der Waals surface area contributed by atoms with Gasteiger partial charge in [-0.15, -0.1) is 0 Å². The van der Waals surface area contributed by atoms with Gasteiger partial charge in [0.2, 0.25) is 0 Å². The Balaban J connectivity index is 1.97. The summed E-state index contributed by atoms with van der Waals surface area (Å²) in [6.45, 7) is 2.75. The van der Waals surface area contributed by atoms with E-state index in [9.17, 15) is 5.11 Å². The van der Waals surface area contributed by atoms with E-state index in [-0.39, 0.29) is 6.04 Å².